The van der Waals surface area contributed by atoms with Crippen LogP contribution in [0.25, 0.3) is 11.6 Å². The summed E-state index contributed by atoms with van der Waals surface area (Å²) in [6.45, 7) is 3.28. The van der Waals surface area contributed by atoms with Gasteiger partial charge in [0.15, 0.2) is 5.76 Å². The van der Waals surface area contributed by atoms with Crippen LogP contribution in [0.5, 0.6) is 0 Å². The first-order valence-corrected chi connectivity index (χ1v) is 10.2. The number of carbonyl (C=O) groups is 1. The van der Waals surface area contributed by atoms with Crippen molar-refractivity contribution in [1.29, 1.82) is 0 Å². The van der Waals surface area contributed by atoms with Crippen LogP contribution in [0.2, 0.25) is 0 Å². The SMILES string of the molecule is O=C(CCCc1nc(-c2ccco2)no1)NC[C@@H]1CCCN2CCCC[C@H]12. The number of aromatic nitrogens is 2. The van der Waals surface area contributed by atoms with Crippen molar-refractivity contribution < 1.29 is 13.7 Å². The van der Waals surface area contributed by atoms with E-state index >= 15 is 0 Å². The minimum atomic E-state index is 0.119. The number of fused-ring (bicyclic) bond motifs is 1. The summed E-state index contributed by atoms with van der Waals surface area (Å²) < 4.78 is 10.5. The molecule has 4 heterocycles. The quantitative estimate of drug-likeness (QED) is 0.804. The number of hydrogen-bond acceptors (Lipinski definition) is 6. The Kier molecular flexibility index (Phi) is 5.87. The highest BCUT2D eigenvalue weighted by atomic mass is 16.5. The number of nitrogens with one attached hydrogen (secondary N) is 1. The lowest BCUT2D eigenvalue weighted by atomic mass is 9.83. The molecule has 2 aromatic heterocycles. The van der Waals surface area contributed by atoms with Crippen LogP contribution in [0.15, 0.2) is 27.3 Å². The normalized spacial score (nSPS) is 23.1. The van der Waals surface area contributed by atoms with Gasteiger partial charge in [0.25, 0.3) is 0 Å². The minimum Gasteiger partial charge on any atom is -0.461 e. The molecule has 7 heteroatoms. The van der Waals surface area contributed by atoms with Crippen LogP contribution < -0.4 is 5.32 Å². The molecule has 0 aromatic carbocycles. The lowest BCUT2D eigenvalue weighted by Gasteiger charge is -2.44. The monoisotopic (exact) mass is 372 g/mol. The van der Waals surface area contributed by atoms with Crippen molar-refractivity contribution in [2.75, 3.05) is 19.6 Å². The van der Waals surface area contributed by atoms with Crippen LogP contribution in [0.3, 0.4) is 0 Å². The van der Waals surface area contributed by atoms with Gasteiger partial charge in [0.1, 0.15) is 0 Å². The Balaban J connectivity index is 1.18. The van der Waals surface area contributed by atoms with Gasteiger partial charge in [-0.3, -0.25) is 4.79 Å². The van der Waals surface area contributed by atoms with Crippen LogP contribution in [-0.2, 0) is 11.2 Å². The second-order valence-corrected chi connectivity index (χ2v) is 7.65. The number of amides is 1. The van der Waals surface area contributed by atoms with E-state index in [4.69, 9.17) is 8.94 Å². The van der Waals surface area contributed by atoms with Crippen LogP contribution in [-0.4, -0.2) is 46.6 Å². The van der Waals surface area contributed by atoms with E-state index in [1.165, 1.54) is 45.2 Å². The van der Waals surface area contributed by atoms with E-state index in [1.807, 2.05) is 0 Å². The lowest BCUT2D eigenvalue weighted by Crippen LogP contribution is -2.50. The molecular formula is C20H28N4O3. The van der Waals surface area contributed by atoms with Crippen molar-refractivity contribution in [1.82, 2.24) is 20.4 Å². The van der Waals surface area contributed by atoms with Gasteiger partial charge in [0, 0.05) is 25.4 Å². The van der Waals surface area contributed by atoms with Gasteiger partial charge in [0.05, 0.1) is 6.26 Å². The summed E-state index contributed by atoms with van der Waals surface area (Å²) in [4.78, 5) is 19.2. The van der Waals surface area contributed by atoms with E-state index in [0.717, 1.165) is 6.54 Å². The van der Waals surface area contributed by atoms with Crippen molar-refractivity contribution in [3.63, 3.8) is 0 Å². The number of carbonyl (C=O) groups excluding carboxylic acids is 1. The first-order valence-electron chi connectivity index (χ1n) is 10.2. The minimum absolute atomic E-state index is 0.119. The average Bonchev–Trinajstić information content (AvgIpc) is 3.38. The molecule has 2 aliphatic heterocycles. The van der Waals surface area contributed by atoms with Gasteiger partial charge in [-0.15, -0.1) is 0 Å². The van der Waals surface area contributed by atoms with Crippen molar-refractivity contribution in [3.8, 4) is 11.6 Å². The summed E-state index contributed by atoms with van der Waals surface area (Å²) in [6.07, 6.45) is 9.80. The predicted octanol–water partition coefficient (Wildman–Crippen LogP) is 3.03. The van der Waals surface area contributed by atoms with E-state index in [0.29, 0.717) is 48.7 Å². The molecular weight excluding hydrogens is 344 g/mol. The molecule has 0 bridgehead atoms. The van der Waals surface area contributed by atoms with Crippen molar-refractivity contribution in [2.45, 2.75) is 57.4 Å². The molecule has 0 unspecified atom stereocenters. The van der Waals surface area contributed by atoms with Crippen molar-refractivity contribution in [2.24, 2.45) is 5.92 Å². The van der Waals surface area contributed by atoms with Gasteiger partial charge in [0.2, 0.25) is 17.6 Å². The summed E-state index contributed by atoms with van der Waals surface area (Å²) in [5.74, 6) is 2.31. The van der Waals surface area contributed by atoms with Crippen LogP contribution in [0.4, 0.5) is 0 Å². The lowest BCUT2D eigenvalue weighted by molar-refractivity contribution is -0.121. The highest BCUT2D eigenvalue weighted by Gasteiger charge is 2.32. The fraction of sp³-hybridized carbons (Fsp3) is 0.650. The standard InChI is InChI=1S/C20H28N4O3/c25-18(21-14-15-6-4-12-24-11-2-1-7-16(15)24)9-3-10-19-22-20(23-27-19)17-8-5-13-26-17/h5,8,13,15-16H,1-4,6-7,9-12,14H2,(H,21,25)/t15-,16+/m0/s1. The topological polar surface area (TPSA) is 84.4 Å². The fourth-order valence-corrected chi connectivity index (χ4v) is 4.41. The first-order chi connectivity index (χ1) is 13.3. The zero-order chi connectivity index (χ0) is 18.5. The molecule has 2 atom stereocenters. The Morgan fingerprint density at radius 3 is 3.07 bits per heavy atom. The maximum absolute atomic E-state index is 12.2. The molecule has 146 valence electrons. The number of furan rings is 1. The molecule has 2 aromatic rings. The third-order valence-corrected chi connectivity index (χ3v) is 5.79. The van der Waals surface area contributed by atoms with E-state index in [9.17, 15) is 4.79 Å². The molecule has 7 nitrogen and oxygen atoms in total. The summed E-state index contributed by atoms with van der Waals surface area (Å²) in [6, 6.07) is 4.25. The van der Waals surface area contributed by atoms with Crippen LogP contribution in [0, 0.1) is 5.92 Å². The van der Waals surface area contributed by atoms with Gasteiger partial charge in [-0.2, -0.15) is 4.98 Å². The van der Waals surface area contributed by atoms with Gasteiger partial charge in [-0.1, -0.05) is 11.6 Å². The van der Waals surface area contributed by atoms with Gasteiger partial charge in [-0.05, 0) is 63.2 Å². The number of nitrogens with zero attached hydrogens (tertiary/aromatic N) is 3. The Hall–Kier alpha value is -2.15. The zero-order valence-electron chi connectivity index (χ0n) is 15.7. The Morgan fingerprint density at radius 2 is 2.19 bits per heavy atom. The molecule has 0 spiro atoms. The zero-order valence-corrected chi connectivity index (χ0v) is 15.7. The predicted molar refractivity (Wildman–Crippen MR) is 99.9 cm³/mol. The Labute approximate surface area is 159 Å². The third-order valence-electron chi connectivity index (χ3n) is 5.79. The van der Waals surface area contributed by atoms with Gasteiger partial charge < -0.3 is 19.2 Å². The highest BCUT2D eigenvalue weighted by Crippen LogP contribution is 2.30. The molecule has 1 N–H and O–H groups in total. The molecule has 2 aliphatic rings. The second kappa shape index (κ2) is 8.69. The highest BCUT2D eigenvalue weighted by molar-refractivity contribution is 5.75. The largest absolute Gasteiger partial charge is 0.461 e. The summed E-state index contributed by atoms with van der Waals surface area (Å²) >= 11 is 0. The Morgan fingerprint density at radius 1 is 1.26 bits per heavy atom. The number of hydrogen-bond donors (Lipinski definition) is 1. The summed E-state index contributed by atoms with van der Waals surface area (Å²) in [5, 5.41) is 7.06. The van der Waals surface area contributed by atoms with E-state index in [-0.39, 0.29) is 5.91 Å². The fourth-order valence-electron chi connectivity index (χ4n) is 4.41. The van der Waals surface area contributed by atoms with E-state index < -0.39 is 0 Å². The first kappa shape index (κ1) is 18.2. The maximum Gasteiger partial charge on any atom is 0.238 e. The van der Waals surface area contributed by atoms with Crippen LogP contribution in [0.1, 0.15) is 50.8 Å². The Bertz CT molecular complexity index is 725. The molecule has 0 radical (unpaired) electrons. The number of aryl methyl sites for hydroxylation is 1. The van der Waals surface area contributed by atoms with E-state index in [1.54, 1.807) is 18.4 Å². The third kappa shape index (κ3) is 4.58. The molecule has 2 fully saturated rings. The van der Waals surface area contributed by atoms with Gasteiger partial charge in [-0.25, -0.2) is 0 Å². The summed E-state index contributed by atoms with van der Waals surface area (Å²) in [5.41, 5.74) is 0. The smallest absolute Gasteiger partial charge is 0.238 e. The van der Waals surface area contributed by atoms with Gasteiger partial charge >= 0.3 is 0 Å². The van der Waals surface area contributed by atoms with Crippen molar-refractivity contribution in [3.05, 3.63) is 24.3 Å². The van der Waals surface area contributed by atoms with E-state index in [2.05, 4.69) is 20.4 Å². The van der Waals surface area contributed by atoms with Crippen molar-refractivity contribution >= 4 is 5.91 Å². The molecule has 1 amide bonds. The molecule has 2 saturated heterocycles. The maximum atomic E-state index is 12.2. The average molecular weight is 372 g/mol. The molecule has 4 rings (SSSR count). The molecule has 27 heavy (non-hydrogen) atoms. The second-order valence-electron chi connectivity index (χ2n) is 7.65. The number of rotatable bonds is 7. The van der Waals surface area contributed by atoms with Crippen LogP contribution >= 0.6 is 0 Å². The summed E-state index contributed by atoms with van der Waals surface area (Å²) in [7, 11) is 0. The molecule has 0 saturated carbocycles. The molecule has 0 aliphatic carbocycles. The number of piperidine rings is 2.